The van der Waals surface area contributed by atoms with Gasteiger partial charge in [0.2, 0.25) is 0 Å². The molecule has 1 heterocycles. The molecule has 0 radical (unpaired) electrons. The fourth-order valence-corrected chi connectivity index (χ4v) is 8.04. The monoisotopic (exact) mass is 288 g/mol. The van der Waals surface area contributed by atoms with E-state index >= 15 is 0 Å². The van der Waals surface area contributed by atoms with Crippen molar-refractivity contribution >= 4 is 11.9 Å². The van der Waals surface area contributed by atoms with E-state index in [0.29, 0.717) is 11.8 Å². The fourth-order valence-electron chi connectivity index (χ4n) is 8.04. The molecule has 4 heteroatoms. The molecule has 1 aliphatic heterocycles. The highest BCUT2D eigenvalue weighted by Crippen LogP contribution is 2.85. The minimum Gasteiger partial charge on any atom is -0.422 e. The number of ether oxygens (including phenoxy) is 2. The lowest BCUT2D eigenvalue weighted by molar-refractivity contribution is -0.246. The van der Waals surface area contributed by atoms with Crippen molar-refractivity contribution in [3.63, 3.8) is 0 Å². The molecular weight excluding hydrogens is 268 g/mol. The molecule has 2 bridgehead atoms. The van der Waals surface area contributed by atoms with E-state index in [0.717, 1.165) is 35.5 Å². The van der Waals surface area contributed by atoms with Crippen LogP contribution in [0.5, 0.6) is 0 Å². The highest BCUT2D eigenvalue weighted by atomic mass is 16.7. The van der Waals surface area contributed by atoms with Gasteiger partial charge in [0.25, 0.3) is 5.79 Å². The summed E-state index contributed by atoms with van der Waals surface area (Å²) in [5.41, 5.74) is 0. The quantitative estimate of drug-likeness (QED) is 0.545. The number of esters is 2. The third-order valence-corrected chi connectivity index (χ3v) is 7.97. The zero-order chi connectivity index (χ0) is 14.3. The molecule has 0 amide bonds. The maximum absolute atomic E-state index is 12.5. The topological polar surface area (TPSA) is 52.6 Å². The summed E-state index contributed by atoms with van der Waals surface area (Å²) < 4.78 is 10.8. The third kappa shape index (κ3) is 1.02. The molecule has 5 aliphatic carbocycles. The minimum atomic E-state index is -1.09. The zero-order valence-electron chi connectivity index (χ0n) is 12.3. The standard InChI is InChI=1S/C17H20O4/c1-17(2)20-15(18)14(16(19)21-17)13-10-6-4-7-9-5(6)3-8(10)11(9)12(7)13/h5-14H,3-4H2,1-2H3/t5-,6+,7-,8+,9+,10+,11+,12+,13+/m0/s1. The summed E-state index contributed by atoms with van der Waals surface area (Å²) in [6.07, 6.45) is 2.74. The second-order valence-electron chi connectivity index (χ2n) is 8.73. The first-order valence-electron chi connectivity index (χ1n) is 8.44. The molecule has 1 saturated heterocycles. The Hall–Kier alpha value is -1.06. The fraction of sp³-hybridized carbons (Fsp3) is 0.882. The summed E-state index contributed by atoms with van der Waals surface area (Å²) in [7, 11) is 0. The second kappa shape index (κ2) is 3.02. The van der Waals surface area contributed by atoms with Gasteiger partial charge in [-0.15, -0.1) is 0 Å². The van der Waals surface area contributed by atoms with Crippen LogP contribution in [0.1, 0.15) is 26.7 Å². The molecule has 0 aromatic carbocycles. The van der Waals surface area contributed by atoms with Crippen LogP contribution in [-0.4, -0.2) is 17.7 Å². The average Bonchev–Trinajstić information content (AvgIpc) is 2.85. The van der Waals surface area contributed by atoms with E-state index in [1.54, 1.807) is 13.8 Å². The van der Waals surface area contributed by atoms with Crippen molar-refractivity contribution in [1.29, 1.82) is 0 Å². The molecule has 0 aromatic heterocycles. The average molecular weight is 288 g/mol. The molecule has 0 spiro atoms. The molecule has 0 unspecified atom stereocenters. The summed E-state index contributed by atoms with van der Waals surface area (Å²) in [4.78, 5) is 25.0. The molecule has 0 aromatic rings. The summed E-state index contributed by atoms with van der Waals surface area (Å²) in [6.45, 7) is 3.28. The molecule has 6 rings (SSSR count). The van der Waals surface area contributed by atoms with E-state index in [1.165, 1.54) is 12.8 Å². The van der Waals surface area contributed by atoms with E-state index in [2.05, 4.69) is 0 Å². The van der Waals surface area contributed by atoms with E-state index in [4.69, 9.17) is 9.47 Å². The van der Waals surface area contributed by atoms with Crippen LogP contribution in [0.2, 0.25) is 0 Å². The van der Waals surface area contributed by atoms with Gasteiger partial charge in [0, 0.05) is 13.8 Å². The molecule has 5 saturated carbocycles. The number of rotatable bonds is 1. The molecule has 21 heavy (non-hydrogen) atoms. The lowest BCUT2D eigenvalue weighted by atomic mass is 9.55. The van der Waals surface area contributed by atoms with Crippen molar-refractivity contribution in [1.82, 2.24) is 0 Å². The van der Waals surface area contributed by atoms with Crippen LogP contribution in [0.15, 0.2) is 0 Å². The Labute approximate surface area is 123 Å². The molecular formula is C17H20O4. The number of carbonyl (C=O) groups is 2. The molecule has 112 valence electrons. The predicted molar refractivity (Wildman–Crippen MR) is 70.4 cm³/mol. The Balaban J connectivity index is 1.41. The normalized spacial score (nSPS) is 61.1. The van der Waals surface area contributed by atoms with Crippen LogP contribution in [0.3, 0.4) is 0 Å². The van der Waals surface area contributed by atoms with Gasteiger partial charge in [0.1, 0.15) is 0 Å². The van der Waals surface area contributed by atoms with Crippen molar-refractivity contribution in [2.24, 2.45) is 59.2 Å². The Bertz CT molecular complexity index is 570. The van der Waals surface area contributed by atoms with Gasteiger partial charge in [0.15, 0.2) is 5.92 Å². The van der Waals surface area contributed by atoms with Crippen LogP contribution in [0.4, 0.5) is 0 Å². The van der Waals surface area contributed by atoms with Gasteiger partial charge in [-0.25, -0.2) is 0 Å². The van der Waals surface area contributed by atoms with Gasteiger partial charge < -0.3 is 9.47 Å². The molecule has 6 fully saturated rings. The van der Waals surface area contributed by atoms with Gasteiger partial charge in [-0.05, 0) is 66.1 Å². The van der Waals surface area contributed by atoms with E-state index in [9.17, 15) is 9.59 Å². The Morgan fingerprint density at radius 3 is 1.81 bits per heavy atom. The van der Waals surface area contributed by atoms with Crippen LogP contribution in [0.25, 0.3) is 0 Å². The van der Waals surface area contributed by atoms with Gasteiger partial charge in [0.05, 0.1) is 0 Å². The smallest absolute Gasteiger partial charge is 0.323 e. The van der Waals surface area contributed by atoms with Crippen molar-refractivity contribution in [2.45, 2.75) is 32.5 Å². The van der Waals surface area contributed by atoms with E-state index in [1.807, 2.05) is 0 Å². The molecule has 4 nitrogen and oxygen atoms in total. The minimum absolute atomic E-state index is 0.226. The van der Waals surface area contributed by atoms with Crippen LogP contribution >= 0.6 is 0 Å². The maximum atomic E-state index is 12.5. The Morgan fingerprint density at radius 1 is 0.762 bits per heavy atom. The maximum Gasteiger partial charge on any atom is 0.323 e. The van der Waals surface area contributed by atoms with E-state index in [-0.39, 0.29) is 17.9 Å². The summed E-state index contributed by atoms with van der Waals surface area (Å²) in [5.74, 6) is 4.14. The SMILES string of the molecule is CC1(C)OC(=O)C([C@@H]2[C@@H]3[C@@H]4C[C@H]5[C@H]6[C@H]4C[C@H]3[C@H]6[C@@H]52)C(=O)O1. The van der Waals surface area contributed by atoms with Crippen molar-refractivity contribution in [3.05, 3.63) is 0 Å². The highest BCUT2D eigenvalue weighted by Gasteiger charge is 2.82. The lowest BCUT2D eigenvalue weighted by Gasteiger charge is -2.49. The number of hydrogen-bond donors (Lipinski definition) is 0. The van der Waals surface area contributed by atoms with Crippen molar-refractivity contribution in [3.8, 4) is 0 Å². The number of cyclic esters (lactones) is 2. The second-order valence-corrected chi connectivity index (χ2v) is 8.73. The van der Waals surface area contributed by atoms with E-state index < -0.39 is 11.7 Å². The molecule has 0 N–H and O–H groups in total. The number of hydrogen-bond acceptors (Lipinski definition) is 4. The summed E-state index contributed by atoms with van der Waals surface area (Å²) in [6, 6.07) is 0. The van der Waals surface area contributed by atoms with Crippen LogP contribution in [-0.2, 0) is 19.1 Å². The Morgan fingerprint density at radius 2 is 1.24 bits per heavy atom. The number of carbonyl (C=O) groups excluding carboxylic acids is 2. The van der Waals surface area contributed by atoms with Gasteiger partial charge in [-0.2, -0.15) is 0 Å². The Kier molecular flexibility index (Phi) is 1.65. The first-order valence-corrected chi connectivity index (χ1v) is 8.44. The highest BCUT2D eigenvalue weighted by molar-refractivity contribution is 5.97. The summed E-state index contributed by atoms with van der Waals surface area (Å²) in [5, 5.41) is 0. The van der Waals surface area contributed by atoms with Crippen LogP contribution < -0.4 is 0 Å². The zero-order valence-corrected chi connectivity index (χ0v) is 12.3. The van der Waals surface area contributed by atoms with Gasteiger partial charge >= 0.3 is 11.9 Å². The first kappa shape index (κ1) is 11.5. The summed E-state index contributed by atoms with van der Waals surface area (Å²) >= 11 is 0. The van der Waals surface area contributed by atoms with Crippen LogP contribution in [0, 0.1) is 59.2 Å². The molecule has 6 aliphatic rings. The van der Waals surface area contributed by atoms with Crippen molar-refractivity contribution < 1.29 is 19.1 Å². The lowest BCUT2D eigenvalue weighted by Crippen LogP contribution is -2.54. The first-order chi connectivity index (χ1) is 9.98. The molecule has 9 atom stereocenters. The number of fused-ring (bicyclic) bond motifs is 2. The van der Waals surface area contributed by atoms with Gasteiger partial charge in [-0.1, -0.05) is 0 Å². The predicted octanol–water partition coefficient (Wildman–Crippen LogP) is 1.83. The van der Waals surface area contributed by atoms with Crippen molar-refractivity contribution in [2.75, 3.05) is 0 Å². The third-order valence-electron chi connectivity index (χ3n) is 7.97. The largest absolute Gasteiger partial charge is 0.422 e. The van der Waals surface area contributed by atoms with Gasteiger partial charge in [-0.3, -0.25) is 9.59 Å².